The molecule has 0 aromatic carbocycles. The molecular formula is C11H12N4O4. The Labute approximate surface area is 107 Å². The normalized spacial score (nSPS) is 12.5. The van der Waals surface area contributed by atoms with Crippen molar-refractivity contribution in [3.05, 3.63) is 40.2 Å². The van der Waals surface area contributed by atoms with Crippen LogP contribution < -0.4 is 5.32 Å². The van der Waals surface area contributed by atoms with Crippen LogP contribution in [0, 0.1) is 10.1 Å². The maximum absolute atomic E-state index is 11.1. The van der Waals surface area contributed by atoms with Gasteiger partial charge in [-0.15, -0.1) is 0 Å². The van der Waals surface area contributed by atoms with E-state index in [1.807, 2.05) is 0 Å². The summed E-state index contributed by atoms with van der Waals surface area (Å²) < 4.78 is 1.36. The average Bonchev–Trinajstić information content (AvgIpc) is 2.73. The summed E-state index contributed by atoms with van der Waals surface area (Å²) in [6.07, 6.45) is 1.55. The average molecular weight is 264 g/mol. The van der Waals surface area contributed by atoms with Crippen LogP contribution in [0.15, 0.2) is 24.4 Å². The summed E-state index contributed by atoms with van der Waals surface area (Å²) in [5.74, 6) is -1.17. The standard InChI is InChI=1S/C11H12N4O4/c1-7(11(16)17)12-6-8-10(15(18)19)14-5-3-2-4-9(14)13-8/h2-5,7,12H,6H2,1H3,(H,16,17). The van der Waals surface area contributed by atoms with Gasteiger partial charge in [-0.3, -0.25) is 10.1 Å². The van der Waals surface area contributed by atoms with Crippen LogP contribution in [0.2, 0.25) is 0 Å². The van der Waals surface area contributed by atoms with Crippen LogP contribution in [-0.4, -0.2) is 31.4 Å². The number of carboxylic acids is 1. The van der Waals surface area contributed by atoms with Gasteiger partial charge in [0.05, 0.1) is 6.20 Å². The second kappa shape index (κ2) is 5.02. The Bertz CT molecular complexity index is 637. The highest BCUT2D eigenvalue weighted by atomic mass is 16.6. The number of nitro groups is 1. The number of aromatic nitrogens is 2. The van der Waals surface area contributed by atoms with Gasteiger partial charge in [-0.2, -0.15) is 4.40 Å². The number of nitrogens with zero attached hydrogens (tertiary/aromatic N) is 3. The third-order valence-electron chi connectivity index (χ3n) is 2.69. The van der Waals surface area contributed by atoms with Crippen molar-refractivity contribution in [1.82, 2.24) is 14.7 Å². The third kappa shape index (κ3) is 2.52. The molecule has 0 aliphatic heterocycles. The maximum atomic E-state index is 11.1. The van der Waals surface area contributed by atoms with Gasteiger partial charge in [-0.05, 0) is 17.9 Å². The minimum atomic E-state index is -1.02. The molecule has 0 aliphatic rings. The van der Waals surface area contributed by atoms with E-state index in [1.165, 1.54) is 11.3 Å². The molecule has 0 bridgehead atoms. The summed E-state index contributed by atoms with van der Waals surface area (Å²) in [7, 11) is 0. The van der Waals surface area contributed by atoms with Crippen molar-refractivity contribution >= 4 is 17.4 Å². The van der Waals surface area contributed by atoms with Gasteiger partial charge >= 0.3 is 11.8 Å². The van der Waals surface area contributed by atoms with Crippen molar-refractivity contribution in [3.8, 4) is 0 Å². The van der Waals surface area contributed by atoms with E-state index < -0.39 is 16.9 Å². The van der Waals surface area contributed by atoms with Gasteiger partial charge in [0.1, 0.15) is 6.04 Å². The maximum Gasteiger partial charge on any atom is 0.352 e. The molecule has 2 rings (SSSR count). The number of nitrogens with one attached hydrogen (secondary N) is 1. The van der Waals surface area contributed by atoms with E-state index in [4.69, 9.17) is 5.11 Å². The minimum absolute atomic E-state index is 0.0193. The monoisotopic (exact) mass is 264 g/mol. The summed E-state index contributed by atoms with van der Waals surface area (Å²) >= 11 is 0. The molecule has 2 N–H and O–H groups in total. The Morgan fingerprint density at radius 2 is 2.37 bits per heavy atom. The fraction of sp³-hybridized carbons (Fsp3) is 0.273. The van der Waals surface area contributed by atoms with E-state index in [1.54, 1.807) is 24.4 Å². The number of imidazole rings is 1. The highest BCUT2D eigenvalue weighted by Gasteiger charge is 2.22. The number of pyridine rings is 1. The summed E-state index contributed by atoms with van der Waals surface area (Å²) in [6, 6.07) is 4.24. The number of fused-ring (bicyclic) bond motifs is 1. The quantitative estimate of drug-likeness (QED) is 0.610. The van der Waals surface area contributed by atoms with Crippen LogP contribution in [0.5, 0.6) is 0 Å². The highest BCUT2D eigenvalue weighted by Crippen LogP contribution is 2.20. The van der Waals surface area contributed by atoms with Crippen LogP contribution in [0.25, 0.3) is 5.65 Å². The molecule has 0 fully saturated rings. The van der Waals surface area contributed by atoms with Crippen molar-refractivity contribution in [3.63, 3.8) is 0 Å². The fourth-order valence-corrected chi connectivity index (χ4v) is 1.68. The van der Waals surface area contributed by atoms with E-state index in [0.717, 1.165) is 0 Å². The first-order valence-electron chi connectivity index (χ1n) is 5.57. The molecule has 0 saturated carbocycles. The third-order valence-corrected chi connectivity index (χ3v) is 2.69. The topological polar surface area (TPSA) is 110 Å². The molecule has 2 heterocycles. The molecule has 0 amide bonds. The first-order chi connectivity index (χ1) is 9.00. The van der Waals surface area contributed by atoms with Gasteiger partial charge in [-0.25, -0.2) is 4.98 Å². The van der Waals surface area contributed by atoms with E-state index in [-0.39, 0.29) is 18.1 Å². The number of aliphatic carboxylic acids is 1. The van der Waals surface area contributed by atoms with Crippen molar-refractivity contribution in [2.45, 2.75) is 19.5 Å². The van der Waals surface area contributed by atoms with Gasteiger partial charge in [0.15, 0.2) is 5.69 Å². The molecule has 0 radical (unpaired) electrons. The molecule has 8 heteroatoms. The van der Waals surface area contributed by atoms with Crippen molar-refractivity contribution in [2.24, 2.45) is 0 Å². The predicted octanol–water partition coefficient (Wildman–Crippen LogP) is 0.805. The van der Waals surface area contributed by atoms with Crippen molar-refractivity contribution in [2.75, 3.05) is 0 Å². The Balaban J connectivity index is 2.34. The number of carboxylic acid groups (broad SMARTS) is 1. The number of rotatable bonds is 5. The zero-order chi connectivity index (χ0) is 14.0. The van der Waals surface area contributed by atoms with Gasteiger partial charge in [-0.1, -0.05) is 6.07 Å². The molecule has 0 aliphatic carbocycles. The van der Waals surface area contributed by atoms with Crippen LogP contribution in [0.4, 0.5) is 5.82 Å². The highest BCUT2D eigenvalue weighted by molar-refractivity contribution is 5.72. The smallest absolute Gasteiger partial charge is 0.352 e. The van der Waals surface area contributed by atoms with Gasteiger partial charge in [0, 0.05) is 12.6 Å². The lowest BCUT2D eigenvalue weighted by Gasteiger charge is -2.06. The van der Waals surface area contributed by atoms with E-state index >= 15 is 0 Å². The molecule has 8 nitrogen and oxygen atoms in total. The van der Waals surface area contributed by atoms with Gasteiger partial charge < -0.3 is 15.2 Å². The van der Waals surface area contributed by atoms with Gasteiger partial charge in [0.2, 0.25) is 5.65 Å². The largest absolute Gasteiger partial charge is 0.480 e. The minimum Gasteiger partial charge on any atom is -0.480 e. The zero-order valence-corrected chi connectivity index (χ0v) is 10.1. The van der Waals surface area contributed by atoms with Crippen LogP contribution in [0.3, 0.4) is 0 Å². The first-order valence-corrected chi connectivity index (χ1v) is 5.57. The molecule has 2 aromatic rings. The van der Waals surface area contributed by atoms with Gasteiger partial charge in [0.25, 0.3) is 0 Å². The summed E-state index contributed by atoms with van der Waals surface area (Å²) in [4.78, 5) is 25.4. The predicted molar refractivity (Wildman–Crippen MR) is 65.8 cm³/mol. The Morgan fingerprint density at radius 3 is 3.00 bits per heavy atom. The summed E-state index contributed by atoms with van der Waals surface area (Å²) in [5.41, 5.74) is 0.665. The molecular weight excluding hydrogens is 252 g/mol. The zero-order valence-electron chi connectivity index (χ0n) is 10.1. The molecule has 0 saturated heterocycles. The van der Waals surface area contributed by atoms with Crippen LogP contribution in [-0.2, 0) is 11.3 Å². The number of hydrogen-bond acceptors (Lipinski definition) is 5. The lowest BCUT2D eigenvalue weighted by Crippen LogP contribution is -2.33. The molecule has 0 spiro atoms. The molecule has 1 atom stereocenters. The summed E-state index contributed by atoms with van der Waals surface area (Å²) in [5, 5.41) is 22.5. The van der Waals surface area contributed by atoms with Crippen LogP contribution in [0.1, 0.15) is 12.6 Å². The lowest BCUT2D eigenvalue weighted by atomic mass is 10.3. The molecule has 2 aromatic heterocycles. The second-order valence-electron chi connectivity index (χ2n) is 4.01. The SMILES string of the molecule is CC(NCc1nc2ccccn2c1[N+](=O)[O-])C(=O)O. The van der Waals surface area contributed by atoms with E-state index in [2.05, 4.69) is 10.3 Å². The molecule has 100 valence electrons. The summed E-state index contributed by atoms with van der Waals surface area (Å²) in [6.45, 7) is 1.48. The van der Waals surface area contributed by atoms with Crippen LogP contribution >= 0.6 is 0 Å². The molecule has 1 unspecified atom stereocenters. The molecule has 19 heavy (non-hydrogen) atoms. The van der Waals surface area contributed by atoms with Crippen molar-refractivity contribution in [1.29, 1.82) is 0 Å². The first kappa shape index (κ1) is 13.0. The Hall–Kier alpha value is -2.48. The second-order valence-corrected chi connectivity index (χ2v) is 4.01. The number of carbonyl (C=O) groups is 1. The van der Waals surface area contributed by atoms with Crippen molar-refractivity contribution < 1.29 is 14.8 Å². The van der Waals surface area contributed by atoms with E-state index in [0.29, 0.717) is 5.65 Å². The Morgan fingerprint density at radius 1 is 1.63 bits per heavy atom. The lowest BCUT2D eigenvalue weighted by molar-refractivity contribution is -0.391. The fourth-order valence-electron chi connectivity index (χ4n) is 1.68. The Kier molecular flexibility index (Phi) is 3.43. The number of hydrogen-bond donors (Lipinski definition) is 2. The van der Waals surface area contributed by atoms with E-state index in [9.17, 15) is 14.9 Å².